The van der Waals surface area contributed by atoms with E-state index in [0.717, 1.165) is 18.9 Å². The molecule has 20 heavy (non-hydrogen) atoms. The van der Waals surface area contributed by atoms with Gasteiger partial charge >= 0.3 is 0 Å². The van der Waals surface area contributed by atoms with E-state index in [1.807, 2.05) is 0 Å². The smallest absolute Gasteiger partial charge is 0.0242 e. The fraction of sp³-hybridized carbons (Fsp3) is 0.889. The van der Waals surface area contributed by atoms with Crippen LogP contribution in [0.5, 0.6) is 0 Å². The third-order valence-electron chi connectivity index (χ3n) is 5.48. The molecule has 0 aromatic heterocycles. The molecule has 2 nitrogen and oxygen atoms in total. The predicted octanol–water partition coefficient (Wildman–Crippen LogP) is 3.42. The highest BCUT2D eigenvalue weighted by Crippen LogP contribution is 2.30. The van der Waals surface area contributed by atoms with Crippen LogP contribution < -0.4 is 5.32 Å². The third kappa shape index (κ3) is 3.77. The fourth-order valence-corrected chi connectivity index (χ4v) is 4.16. The van der Waals surface area contributed by atoms with E-state index in [1.54, 1.807) is 0 Å². The molecule has 0 bridgehead atoms. The van der Waals surface area contributed by atoms with Gasteiger partial charge in [0, 0.05) is 37.6 Å². The molecule has 1 aliphatic heterocycles. The second-order valence-corrected chi connectivity index (χ2v) is 6.64. The average molecular weight is 276 g/mol. The number of terminal acetylenes is 1. The monoisotopic (exact) mass is 276 g/mol. The lowest BCUT2D eigenvalue weighted by Gasteiger charge is -2.46. The maximum absolute atomic E-state index is 5.58. The summed E-state index contributed by atoms with van der Waals surface area (Å²) in [4.78, 5) is 2.73. The maximum atomic E-state index is 5.58. The Morgan fingerprint density at radius 3 is 2.60 bits per heavy atom. The average Bonchev–Trinajstić information content (AvgIpc) is 2.53. The van der Waals surface area contributed by atoms with Crippen LogP contribution in [0, 0.1) is 18.3 Å². The second-order valence-electron chi connectivity index (χ2n) is 6.64. The molecule has 2 fully saturated rings. The molecule has 2 heteroatoms. The second kappa shape index (κ2) is 8.05. The van der Waals surface area contributed by atoms with Crippen LogP contribution in [0.1, 0.15) is 65.2 Å². The van der Waals surface area contributed by atoms with Crippen LogP contribution in [0.3, 0.4) is 0 Å². The van der Waals surface area contributed by atoms with E-state index in [9.17, 15) is 0 Å². The molecular formula is C18H32N2. The molecule has 1 N–H and O–H groups in total. The van der Waals surface area contributed by atoms with Crippen LogP contribution in [-0.4, -0.2) is 36.1 Å². The van der Waals surface area contributed by atoms with Crippen molar-refractivity contribution >= 4 is 0 Å². The number of nitrogens with one attached hydrogen (secondary N) is 1. The SMILES string of the molecule is C#CCC(CC)N1CC(C2CCCCC2)NCC1CC. The lowest BCUT2D eigenvalue weighted by Crippen LogP contribution is -2.61. The topological polar surface area (TPSA) is 15.3 Å². The summed E-state index contributed by atoms with van der Waals surface area (Å²) >= 11 is 0. The normalized spacial score (nSPS) is 30.9. The molecular weight excluding hydrogens is 244 g/mol. The number of hydrogen-bond acceptors (Lipinski definition) is 2. The Labute approximate surface area is 125 Å². The predicted molar refractivity (Wildman–Crippen MR) is 86.7 cm³/mol. The summed E-state index contributed by atoms with van der Waals surface area (Å²) in [6.45, 7) is 6.96. The van der Waals surface area contributed by atoms with Crippen molar-refractivity contribution in [3.8, 4) is 12.3 Å². The van der Waals surface area contributed by atoms with E-state index in [1.165, 1.54) is 51.5 Å². The summed E-state index contributed by atoms with van der Waals surface area (Å²) in [6.07, 6.45) is 16.1. The van der Waals surface area contributed by atoms with Crippen LogP contribution in [0.4, 0.5) is 0 Å². The van der Waals surface area contributed by atoms with Gasteiger partial charge in [-0.3, -0.25) is 4.90 Å². The van der Waals surface area contributed by atoms with Gasteiger partial charge in [-0.1, -0.05) is 33.1 Å². The summed E-state index contributed by atoms with van der Waals surface area (Å²) in [5, 5.41) is 3.85. The molecule has 2 rings (SSSR count). The van der Waals surface area contributed by atoms with Crippen molar-refractivity contribution in [3.63, 3.8) is 0 Å². The molecule has 0 amide bonds. The van der Waals surface area contributed by atoms with Gasteiger partial charge in [-0.05, 0) is 31.6 Å². The first kappa shape index (κ1) is 15.9. The van der Waals surface area contributed by atoms with Crippen LogP contribution in [0.25, 0.3) is 0 Å². The van der Waals surface area contributed by atoms with Crippen molar-refractivity contribution in [1.82, 2.24) is 10.2 Å². The minimum Gasteiger partial charge on any atom is -0.311 e. The van der Waals surface area contributed by atoms with E-state index >= 15 is 0 Å². The summed E-state index contributed by atoms with van der Waals surface area (Å²) in [5.74, 6) is 3.79. The van der Waals surface area contributed by atoms with Crippen LogP contribution in [0.15, 0.2) is 0 Å². The van der Waals surface area contributed by atoms with E-state index < -0.39 is 0 Å². The maximum Gasteiger partial charge on any atom is 0.0242 e. The number of rotatable bonds is 5. The molecule has 1 saturated heterocycles. The van der Waals surface area contributed by atoms with Crippen molar-refractivity contribution in [2.45, 2.75) is 83.3 Å². The first-order chi connectivity index (χ1) is 9.80. The van der Waals surface area contributed by atoms with Crippen LogP contribution in [0.2, 0.25) is 0 Å². The minimum atomic E-state index is 0.582. The Balaban J connectivity index is 2.00. The molecule has 1 heterocycles. The van der Waals surface area contributed by atoms with Gasteiger partial charge in [0.2, 0.25) is 0 Å². The fourth-order valence-electron chi connectivity index (χ4n) is 4.16. The standard InChI is InChI=1S/C18H32N2/c1-4-10-16(5-2)20-14-18(19-13-17(20)6-3)15-11-8-7-9-12-15/h1,15-19H,5-14H2,2-3H3. The zero-order valence-electron chi connectivity index (χ0n) is 13.4. The van der Waals surface area contributed by atoms with E-state index in [-0.39, 0.29) is 0 Å². The van der Waals surface area contributed by atoms with E-state index in [4.69, 9.17) is 6.42 Å². The van der Waals surface area contributed by atoms with E-state index in [2.05, 4.69) is 30.0 Å². The van der Waals surface area contributed by atoms with Crippen molar-refractivity contribution in [2.24, 2.45) is 5.92 Å². The Kier molecular flexibility index (Phi) is 6.39. The van der Waals surface area contributed by atoms with Gasteiger partial charge in [-0.25, -0.2) is 0 Å². The molecule has 0 radical (unpaired) electrons. The molecule has 3 unspecified atom stereocenters. The van der Waals surface area contributed by atoms with Crippen molar-refractivity contribution in [3.05, 3.63) is 0 Å². The minimum absolute atomic E-state index is 0.582. The molecule has 1 aliphatic carbocycles. The van der Waals surface area contributed by atoms with Gasteiger partial charge < -0.3 is 5.32 Å². The molecule has 0 aromatic rings. The Morgan fingerprint density at radius 1 is 1.25 bits per heavy atom. The molecule has 0 spiro atoms. The third-order valence-corrected chi connectivity index (χ3v) is 5.48. The number of piperazine rings is 1. The zero-order chi connectivity index (χ0) is 14.4. The van der Waals surface area contributed by atoms with Gasteiger partial charge in [0.15, 0.2) is 0 Å². The highest BCUT2D eigenvalue weighted by molar-refractivity contribution is 4.97. The van der Waals surface area contributed by atoms with Gasteiger partial charge in [0.1, 0.15) is 0 Å². The lowest BCUT2D eigenvalue weighted by molar-refractivity contribution is 0.0556. The number of hydrogen-bond donors (Lipinski definition) is 1. The first-order valence-electron chi connectivity index (χ1n) is 8.72. The van der Waals surface area contributed by atoms with Crippen molar-refractivity contribution < 1.29 is 0 Å². The molecule has 114 valence electrons. The van der Waals surface area contributed by atoms with Gasteiger partial charge in [0.25, 0.3) is 0 Å². The van der Waals surface area contributed by atoms with Gasteiger partial charge in [-0.2, -0.15) is 0 Å². The van der Waals surface area contributed by atoms with Gasteiger partial charge in [0.05, 0.1) is 0 Å². The van der Waals surface area contributed by atoms with E-state index in [0.29, 0.717) is 18.1 Å². The molecule has 3 atom stereocenters. The van der Waals surface area contributed by atoms with Crippen molar-refractivity contribution in [2.75, 3.05) is 13.1 Å². The highest BCUT2D eigenvalue weighted by Gasteiger charge is 2.34. The highest BCUT2D eigenvalue weighted by atomic mass is 15.3. The largest absolute Gasteiger partial charge is 0.311 e. The zero-order valence-corrected chi connectivity index (χ0v) is 13.4. The van der Waals surface area contributed by atoms with Crippen LogP contribution >= 0.6 is 0 Å². The molecule has 1 saturated carbocycles. The summed E-state index contributed by atoms with van der Waals surface area (Å²) < 4.78 is 0. The quantitative estimate of drug-likeness (QED) is 0.774. The molecule has 2 aliphatic rings. The summed E-state index contributed by atoms with van der Waals surface area (Å²) in [6, 6.07) is 1.95. The lowest BCUT2D eigenvalue weighted by atomic mass is 9.82. The Morgan fingerprint density at radius 2 is 2.00 bits per heavy atom. The Bertz CT molecular complexity index is 314. The van der Waals surface area contributed by atoms with Crippen LogP contribution in [-0.2, 0) is 0 Å². The summed E-state index contributed by atoms with van der Waals surface area (Å²) in [5.41, 5.74) is 0. The molecule has 0 aromatic carbocycles. The Hall–Kier alpha value is -0.520. The summed E-state index contributed by atoms with van der Waals surface area (Å²) in [7, 11) is 0. The number of nitrogens with zero attached hydrogens (tertiary/aromatic N) is 1. The van der Waals surface area contributed by atoms with Crippen molar-refractivity contribution in [1.29, 1.82) is 0 Å². The first-order valence-corrected chi connectivity index (χ1v) is 8.72. The van der Waals surface area contributed by atoms with Gasteiger partial charge in [-0.15, -0.1) is 12.3 Å².